The van der Waals surface area contributed by atoms with Crippen LogP contribution in [-0.2, 0) is 19.2 Å². The quantitative estimate of drug-likeness (QED) is 0.783. The van der Waals surface area contributed by atoms with Crippen LogP contribution >= 0.6 is 11.3 Å². The van der Waals surface area contributed by atoms with Gasteiger partial charge in [0, 0.05) is 23.7 Å². The summed E-state index contributed by atoms with van der Waals surface area (Å²) in [5.74, 6) is 0. The molecule has 0 saturated carbocycles. The molecule has 114 valence electrons. The number of amides is 2. The van der Waals surface area contributed by atoms with Crippen LogP contribution in [0.2, 0.25) is 0 Å². The minimum Gasteiger partial charge on any atom is -0.383 e. The number of carbonyl (C=O) groups is 1. The first-order valence-electron chi connectivity index (χ1n) is 6.64. The summed E-state index contributed by atoms with van der Waals surface area (Å²) in [6.45, 7) is 4.27. The van der Waals surface area contributed by atoms with Gasteiger partial charge in [0.15, 0.2) is 0 Å². The van der Waals surface area contributed by atoms with Gasteiger partial charge in [0.25, 0.3) is 0 Å². The fourth-order valence-electron chi connectivity index (χ4n) is 1.86. The molecule has 21 heavy (non-hydrogen) atoms. The molecule has 1 atom stereocenters. The number of carbonyl (C=O) groups excluding carboxylic acids is 1. The third-order valence-corrected chi connectivity index (χ3v) is 4.32. The van der Waals surface area contributed by atoms with Gasteiger partial charge in [-0.25, -0.2) is 4.79 Å². The molecular formula is C14H20N4O2S. The average molecular weight is 308 g/mol. The molecule has 2 aromatic heterocycles. The van der Waals surface area contributed by atoms with Gasteiger partial charge in [-0.1, -0.05) is 0 Å². The van der Waals surface area contributed by atoms with Gasteiger partial charge in [-0.2, -0.15) is 5.10 Å². The first-order valence-corrected chi connectivity index (χ1v) is 7.52. The zero-order chi connectivity index (χ0) is 15.5. The number of aryl methyl sites for hydroxylation is 2. The van der Waals surface area contributed by atoms with Gasteiger partial charge < -0.3 is 15.7 Å². The Hall–Kier alpha value is -1.86. The third-order valence-electron chi connectivity index (χ3n) is 3.30. The molecule has 0 aromatic carbocycles. The maximum absolute atomic E-state index is 11.8. The van der Waals surface area contributed by atoms with Crippen molar-refractivity contribution < 1.29 is 9.90 Å². The first kappa shape index (κ1) is 15.5. The van der Waals surface area contributed by atoms with Gasteiger partial charge in [-0.15, -0.1) is 11.3 Å². The maximum Gasteiger partial charge on any atom is 0.315 e. The monoisotopic (exact) mass is 308 g/mol. The summed E-state index contributed by atoms with van der Waals surface area (Å²) >= 11 is 1.61. The van der Waals surface area contributed by atoms with Crippen molar-refractivity contribution >= 4 is 17.4 Å². The number of aliphatic hydroxyl groups is 1. The van der Waals surface area contributed by atoms with Gasteiger partial charge in [-0.3, -0.25) is 4.68 Å². The Morgan fingerprint density at radius 3 is 2.86 bits per heavy atom. The molecule has 7 heteroatoms. The van der Waals surface area contributed by atoms with Crippen molar-refractivity contribution in [3.8, 4) is 0 Å². The fraction of sp³-hybridized carbons (Fsp3) is 0.429. The minimum atomic E-state index is -1.15. The van der Waals surface area contributed by atoms with E-state index < -0.39 is 5.60 Å². The molecule has 0 aliphatic carbocycles. The summed E-state index contributed by atoms with van der Waals surface area (Å²) < 4.78 is 1.61. The van der Waals surface area contributed by atoms with Crippen LogP contribution in [0.4, 0.5) is 4.79 Å². The highest BCUT2D eigenvalue weighted by molar-refractivity contribution is 7.10. The second-order valence-corrected chi connectivity index (χ2v) is 6.24. The molecule has 2 rings (SSSR count). The van der Waals surface area contributed by atoms with E-state index in [1.54, 1.807) is 42.4 Å². The Bertz CT molecular complexity index is 618. The van der Waals surface area contributed by atoms with Gasteiger partial charge in [0.2, 0.25) is 0 Å². The zero-order valence-corrected chi connectivity index (χ0v) is 13.2. The number of thiophene rings is 1. The Morgan fingerprint density at radius 1 is 1.52 bits per heavy atom. The lowest BCUT2D eigenvalue weighted by atomic mass is 10.00. The number of nitrogens with one attached hydrogen (secondary N) is 2. The van der Waals surface area contributed by atoms with Crippen LogP contribution in [0.3, 0.4) is 0 Å². The molecule has 6 nitrogen and oxygen atoms in total. The summed E-state index contributed by atoms with van der Waals surface area (Å²) in [5, 5.41) is 21.8. The van der Waals surface area contributed by atoms with E-state index in [0.29, 0.717) is 12.1 Å². The van der Waals surface area contributed by atoms with E-state index in [1.165, 1.54) is 5.56 Å². The smallest absolute Gasteiger partial charge is 0.315 e. The second-order valence-electron chi connectivity index (χ2n) is 5.24. The molecule has 2 heterocycles. The number of nitrogens with zero attached hydrogens (tertiary/aromatic N) is 2. The molecule has 3 N–H and O–H groups in total. The topological polar surface area (TPSA) is 79.2 Å². The molecule has 0 fully saturated rings. The number of urea groups is 1. The summed E-state index contributed by atoms with van der Waals surface area (Å²) in [5.41, 5.74) is 0.687. The maximum atomic E-state index is 11.8. The Balaban J connectivity index is 1.82. The molecular weight excluding hydrogens is 288 g/mol. The zero-order valence-electron chi connectivity index (χ0n) is 12.4. The predicted octanol–water partition coefficient (Wildman–Crippen LogP) is 1.50. The van der Waals surface area contributed by atoms with Gasteiger partial charge in [0.05, 0.1) is 19.3 Å². The SMILES string of the molecule is Cc1ccsc1CNC(=O)NC[C@@](C)(O)c1cnn(C)c1. The fourth-order valence-corrected chi connectivity index (χ4v) is 2.71. The minimum absolute atomic E-state index is 0.119. The Kier molecular flexibility index (Phi) is 4.64. The van der Waals surface area contributed by atoms with Crippen molar-refractivity contribution in [3.63, 3.8) is 0 Å². The lowest BCUT2D eigenvalue weighted by Gasteiger charge is -2.22. The number of aromatic nitrogens is 2. The van der Waals surface area contributed by atoms with Crippen molar-refractivity contribution in [3.05, 3.63) is 39.8 Å². The van der Waals surface area contributed by atoms with Crippen LogP contribution in [0.5, 0.6) is 0 Å². The number of rotatable bonds is 5. The van der Waals surface area contributed by atoms with Crippen molar-refractivity contribution in [2.75, 3.05) is 6.54 Å². The van der Waals surface area contributed by atoms with E-state index in [-0.39, 0.29) is 12.6 Å². The molecule has 0 spiro atoms. The highest BCUT2D eigenvalue weighted by Gasteiger charge is 2.25. The highest BCUT2D eigenvalue weighted by Crippen LogP contribution is 2.18. The van der Waals surface area contributed by atoms with Crippen LogP contribution in [0.15, 0.2) is 23.8 Å². The average Bonchev–Trinajstić information content (AvgIpc) is 3.03. The predicted molar refractivity (Wildman–Crippen MR) is 82.1 cm³/mol. The molecule has 0 saturated heterocycles. The lowest BCUT2D eigenvalue weighted by molar-refractivity contribution is 0.0593. The van der Waals surface area contributed by atoms with E-state index in [0.717, 1.165) is 4.88 Å². The molecule has 0 radical (unpaired) electrons. The van der Waals surface area contributed by atoms with E-state index in [1.807, 2.05) is 18.4 Å². The molecule has 2 amide bonds. The van der Waals surface area contributed by atoms with Crippen molar-refractivity contribution in [1.82, 2.24) is 20.4 Å². The van der Waals surface area contributed by atoms with Crippen molar-refractivity contribution in [2.45, 2.75) is 26.0 Å². The molecule has 0 aliphatic rings. The molecule has 2 aromatic rings. The van der Waals surface area contributed by atoms with Crippen LogP contribution in [0.25, 0.3) is 0 Å². The van der Waals surface area contributed by atoms with E-state index >= 15 is 0 Å². The standard InChI is InChI=1S/C14H20N4O2S/c1-10-4-5-21-12(10)7-15-13(19)16-9-14(2,20)11-6-17-18(3)8-11/h4-6,8,20H,7,9H2,1-3H3,(H2,15,16,19)/t14-/m1/s1. The van der Waals surface area contributed by atoms with Crippen molar-refractivity contribution in [2.24, 2.45) is 7.05 Å². The second kappa shape index (κ2) is 6.28. The highest BCUT2D eigenvalue weighted by atomic mass is 32.1. The summed E-state index contributed by atoms with van der Waals surface area (Å²) in [6.07, 6.45) is 3.32. The third kappa shape index (κ3) is 4.05. The summed E-state index contributed by atoms with van der Waals surface area (Å²) in [7, 11) is 1.78. The van der Waals surface area contributed by atoms with E-state index in [9.17, 15) is 9.90 Å². The molecule has 0 aliphatic heterocycles. The number of hydrogen-bond donors (Lipinski definition) is 3. The Morgan fingerprint density at radius 2 is 2.29 bits per heavy atom. The van der Waals surface area contributed by atoms with Gasteiger partial charge in [-0.05, 0) is 30.9 Å². The normalized spacial score (nSPS) is 13.7. The van der Waals surface area contributed by atoms with Crippen LogP contribution in [-0.4, -0.2) is 27.5 Å². The van der Waals surface area contributed by atoms with Crippen LogP contribution in [0.1, 0.15) is 22.9 Å². The largest absolute Gasteiger partial charge is 0.383 e. The molecule has 0 bridgehead atoms. The van der Waals surface area contributed by atoms with E-state index in [2.05, 4.69) is 15.7 Å². The van der Waals surface area contributed by atoms with Crippen LogP contribution < -0.4 is 10.6 Å². The molecule has 0 unspecified atom stereocenters. The van der Waals surface area contributed by atoms with E-state index in [4.69, 9.17) is 0 Å². The number of hydrogen-bond acceptors (Lipinski definition) is 4. The lowest BCUT2D eigenvalue weighted by Crippen LogP contribution is -2.43. The Labute approximate surface area is 127 Å². The van der Waals surface area contributed by atoms with Gasteiger partial charge >= 0.3 is 6.03 Å². The van der Waals surface area contributed by atoms with Crippen molar-refractivity contribution in [1.29, 1.82) is 0 Å². The first-order chi connectivity index (χ1) is 9.88. The van der Waals surface area contributed by atoms with Gasteiger partial charge in [0.1, 0.15) is 5.60 Å². The van der Waals surface area contributed by atoms with Crippen LogP contribution in [0, 0.1) is 6.92 Å². The summed E-state index contributed by atoms with van der Waals surface area (Å²) in [6, 6.07) is 1.72. The summed E-state index contributed by atoms with van der Waals surface area (Å²) in [4.78, 5) is 12.9.